The molecule has 2 N–H and O–H groups in total. The van der Waals surface area contributed by atoms with Crippen LogP contribution in [0.1, 0.15) is 19.8 Å². The lowest BCUT2D eigenvalue weighted by Crippen LogP contribution is -2.44. The summed E-state index contributed by atoms with van der Waals surface area (Å²) in [5.41, 5.74) is 0. The van der Waals surface area contributed by atoms with Gasteiger partial charge in [-0.15, -0.1) is 0 Å². The summed E-state index contributed by atoms with van der Waals surface area (Å²) in [6.45, 7) is 3.31. The van der Waals surface area contributed by atoms with Crippen LogP contribution in [-0.2, 0) is 9.53 Å². The van der Waals surface area contributed by atoms with E-state index < -0.39 is 12.0 Å². The zero-order valence-electron chi connectivity index (χ0n) is 9.48. The van der Waals surface area contributed by atoms with Crippen LogP contribution in [0.5, 0.6) is 0 Å². The summed E-state index contributed by atoms with van der Waals surface area (Å²) >= 11 is 0. The number of nitrogens with zero attached hydrogens (tertiary/aromatic N) is 1. The van der Waals surface area contributed by atoms with Crippen molar-refractivity contribution in [2.24, 2.45) is 0 Å². The first-order valence-electron chi connectivity index (χ1n) is 5.24. The smallest absolute Gasteiger partial charge is 0.320 e. The van der Waals surface area contributed by atoms with E-state index in [0.29, 0.717) is 26.1 Å². The summed E-state index contributed by atoms with van der Waals surface area (Å²) in [5.74, 6) is -0.832. The lowest BCUT2D eigenvalue weighted by molar-refractivity contribution is -0.144. The first-order chi connectivity index (χ1) is 7.17. The third kappa shape index (κ3) is 5.71. The number of hydrogen-bond donors (Lipinski definition) is 2. The van der Waals surface area contributed by atoms with Crippen LogP contribution in [-0.4, -0.2) is 60.5 Å². The van der Waals surface area contributed by atoms with Gasteiger partial charge in [0.1, 0.15) is 6.04 Å². The minimum atomic E-state index is -0.832. The number of hydrogen-bond acceptors (Lipinski definition) is 4. The standard InChI is InChI=1S/C10H21NO4/c1-3-4-9(10(13)14)11(5-7-12)6-8-15-2/h9,12H,3-8H2,1-2H3,(H,13,14). The Bertz CT molecular complexity index is 175. The van der Waals surface area contributed by atoms with E-state index in [2.05, 4.69) is 0 Å². The Morgan fingerprint density at radius 2 is 2.13 bits per heavy atom. The fourth-order valence-electron chi connectivity index (χ4n) is 1.50. The van der Waals surface area contributed by atoms with Crippen molar-refractivity contribution in [3.05, 3.63) is 0 Å². The second-order valence-electron chi connectivity index (χ2n) is 3.40. The highest BCUT2D eigenvalue weighted by molar-refractivity contribution is 5.73. The maximum atomic E-state index is 11.0. The van der Waals surface area contributed by atoms with E-state index in [1.165, 1.54) is 0 Å². The molecular weight excluding hydrogens is 198 g/mol. The van der Waals surface area contributed by atoms with Gasteiger partial charge in [-0.25, -0.2) is 0 Å². The second kappa shape index (κ2) is 8.64. The normalized spacial score (nSPS) is 13.1. The van der Waals surface area contributed by atoms with Crippen molar-refractivity contribution in [3.8, 4) is 0 Å². The largest absolute Gasteiger partial charge is 0.480 e. The molecule has 0 amide bonds. The average Bonchev–Trinajstić information content (AvgIpc) is 2.21. The van der Waals surface area contributed by atoms with E-state index in [1.54, 1.807) is 12.0 Å². The van der Waals surface area contributed by atoms with Gasteiger partial charge >= 0.3 is 5.97 Å². The van der Waals surface area contributed by atoms with Crippen molar-refractivity contribution in [2.75, 3.05) is 33.4 Å². The Morgan fingerprint density at radius 1 is 1.47 bits per heavy atom. The first kappa shape index (κ1) is 14.3. The van der Waals surface area contributed by atoms with Crippen LogP contribution >= 0.6 is 0 Å². The van der Waals surface area contributed by atoms with E-state index in [-0.39, 0.29) is 6.61 Å². The van der Waals surface area contributed by atoms with Crippen molar-refractivity contribution in [2.45, 2.75) is 25.8 Å². The average molecular weight is 219 g/mol. The molecule has 5 nitrogen and oxygen atoms in total. The van der Waals surface area contributed by atoms with Crippen LogP contribution in [0.4, 0.5) is 0 Å². The van der Waals surface area contributed by atoms with E-state index in [9.17, 15) is 4.79 Å². The Balaban J connectivity index is 4.29. The zero-order valence-corrected chi connectivity index (χ0v) is 9.48. The highest BCUT2D eigenvalue weighted by Gasteiger charge is 2.23. The summed E-state index contributed by atoms with van der Waals surface area (Å²) in [5, 5.41) is 17.9. The third-order valence-electron chi connectivity index (χ3n) is 2.26. The molecule has 0 aliphatic carbocycles. The number of rotatable bonds is 9. The molecule has 0 aliphatic heterocycles. The van der Waals surface area contributed by atoms with Gasteiger partial charge in [0, 0.05) is 20.2 Å². The molecule has 0 heterocycles. The fourth-order valence-corrected chi connectivity index (χ4v) is 1.50. The van der Waals surface area contributed by atoms with Gasteiger partial charge in [-0.05, 0) is 6.42 Å². The van der Waals surface area contributed by atoms with Gasteiger partial charge in [0.15, 0.2) is 0 Å². The van der Waals surface area contributed by atoms with Crippen LogP contribution in [0.3, 0.4) is 0 Å². The summed E-state index contributed by atoms with van der Waals surface area (Å²) in [7, 11) is 1.58. The Labute approximate surface area is 90.6 Å². The van der Waals surface area contributed by atoms with E-state index >= 15 is 0 Å². The number of methoxy groups -OCH3 is 1. The molecule has 0 aromatic rings. The summed E-state index contributed by atoms with van der Waals surface area (Å²) in [6, 6.07) is -0.516. The molecule has 90 valence electrons. The number of carboxylic acid groups (broad SMARTS) is 1. The molecule has 15 heavy (non-hydrogen) atoms. The number of carboxylic acids is 1. The minimum Gasteiger partial charge on any atom is -0.480 e. The maximum absolute atomic E-state index is 11.0. The minimum absolute atomic E-state index is 0.0305. The molecule has 0 aromatic carbocycles. The van der Waals surface area contributed by atoms with Gasteiger partial charge in [0.2, 0.25) is 0 Å². The van der Waals surface area contributed by atoms with Gasteiger partial charge < -0.3 is 14.9 Å². The molecule has 0 aliphatic rings. The van der Waals surface area contributed by atoms with Crippen LogP contribution in [0.15, 0.2) is 0 Å². The lowest BCUT2D eigenvalue weighted by Gasteiger charge is -2.27. The predicted molar refractivity (Wildman–Crippen MR) is 56.9 cm³/mol. The summed E-state index contributed by atoms with van der Waals surface area (Å²) < 4.78 is 4.91. The Morgan fingerprint density at radius 3 is 2.53 bits per heavy atom. The number of aliphatic carboxylic acids is 1. The van der Waals surface area contributed by atoms with Crippen molar-refractivity contribution in [1.82, 2.24) is 4.90 Å². The highest BCUT2D eigenvalue weighted by atomic mass is 16.5. The second-order valence-corrected chi connectivity index (χ2v) is 3.40. The topological polar surface area (TPSA) is 70.0 Å². The molecule has 0 radical (unpaired) electrons. The SMILES string of the molecule is CCCC(C(=O)O)N(CCO)CCOC. The molecule has 0 saturated carbocycles. The first-order valence-corrected chi connectivity index (χ1v) is 5.24. The lowest BCUT2D eigenvalue weighted by atomic mass is 10.1. The van der Waals surface area contributed by atoms with E-state index in [4.69, 9.17) is 14.9 Å². The van der Waals surface area contributed by atoms with Crippen molar-refractivity contribution in [3.63, 3.8) is 0 Å². The highest BCUT2D eigenvalue weighted by Crippen LogP contribution is 2.07. The number of ether oxygens (including phenoxy) is 1. The zero-order chi connectivity index (χ0) is 11.7. The molecule has 5 heteroatoms. The third-order valence-corrected chi connectivity index (χ3v) is 2.26. The molecule has 0 saturated heterocycles. The van der Waals surface area contributed by atoms with Gasteiger partial charge in [0.05, 0.1) is 13.2 Å². The van der Waals surface area contributed by atoms with Gasteiger partial charge in [0.25, 0.3) is 0 Å². The Hall–Kier alpha value is -0.650. The van der Waals surface area contributed by atoms with Crippen LogP contribution in [0.25, 0.3) is 0 Å². The summed E-state index contributed by atoms with van der Waals surface area (Å²) in [6.07, 6.45) is 1.41. The van der Waals surface area contributed by atoms with Crippen molar-refractivity contribution >= 4 is 5.97 Å². The Kier molecular flexibility index (Phi) is 8.27. The van der Waals surface area contributed by atoms with Crippen molar-refractivity contribution in [1.29, 1.82) is 0 Å². The van der Waals surface area contributed by atoms with Gasteiger partial charge in [-0.3, -0.25) is 9.69 Å². The molecule has 0 rings (SSSR count). The van der Waals surface area contributed by atoms with Crippen LogP contribution in [0, 0.1) is 0 Å². The van der Waals surface area contributed by atoms with Gasteiger partial charge in [-0.1, -0.05) is 13.3 Å². The molecule has 1 unspecified atom stereocenters. The van der Waals surface area contributed by atoms with E-state index in [1.807, 2.05) is 6.92 Å². The van der Waals surface area contributed by atoms with Crippen molar-refractivity contribution < 1.29 is 19.7 Å². The predicted octanol–water partition coefficient (Wildman–Crippen LogP) is 0.180. The molecular formula is C10H21NO4. The van der Waals surface area contributed by atoms with Gasteiger partial charge in [-0.2, -0.15) is 0 Å². The molecule has 1 atom stereocenters. The fraction of sp³-hybridized carbons (Fsp3) is 0.900. The monoisotopic (exact) mass is 219 g/mol. The van der Waals surface area contributed by atoms with Crippen LogP contribution < -0.4 is 0 Å². The molecule has 0 spiro atoms. The number of aliphatic hydroxyl groups is 1. The van der Waals surface area contributed by atoms with E-state index in [0.717, 1.165) is 6.42 Å². The maximum Gasteiger partial charge on any atom is 0.320 e. The molecule has 0 fully saturated rings. The quantitative estimate of drug-likeness (QED) is 0.579. The molecule has 0 aromatic heterocycles. The molecule has 0 bridgehead atoms. The number of carbonyl (C=O) groups is 1. The summed E-state index contributed by atoms with van der Waals surface area (Å²) in [4.78, 5) is 12.8. The number of aliphatic hydroxyl groups excluding tert-OH is 1. The van der Waals surface area contributed by atoms with Crippen LogP contribution in [0.2, 0.25) is 0 Å².